The second-order valence-corrected chi connectivity index (χ2v) is 2.94. The van der Waals surface area contributed by atoms with Gasteiger partial charge < -0.3 is 10.7 Å². The molecule has 66 valence electrons. The summed E-state index contributed by atoms with van der Waals surface area (Å²) in [6.07, 6.45) is 5.34. The normalized spacial score (nSPS) is 13.0. The number of nitrogens with two attached hydrogens (primary N) is 1. The molecular weight excluding hydrogens is 162 g/mol. The zero-order valence-electron chi connectivity index (χ0n) is 7.20. The van der Waals surface area contributed by atoms with Crippen LogP contribution in [0.4, 0.5) is 0 Å². The van der Waals surface area contributed by atoms with Crippen molar-refractivity contribution < 1.29 is 0 Å². The Morgan fingerprint density at radius 1 is 1.62 bits per heavy atom. The third kappa shape index (κ3) is 1.34. The molecule has 0 bridgehead atoms. The molecule has 2 heterocycles. The summed E-state index contributed by atoms with van der Waals surface area (Å²) < 4.78 is 0. The first-order valence-corrected chi connectivity index (χ1v) is 4.12. The first kappa shape index (κ1) is 8.01. The first-order chi connectivity index (χ1) is 6.31. The highest BCUT2D eigenvalue weighted by Gasteiger charge is 2.03. The van der Waals surface area contributed by atoms with E-state index < -0.39 is 0 Å². The van der Waals surface area contributed by atoms with Crippen LogP contribution in [-0.4, -0.2) is 9.97 Å². The SMILES string of the molecule is C=C[C@@H](N)c1cnc2cc[nH]c2c1. The number of nitrogens with zero attached hydrogens (tertiary/aromatic N) is 1. The van der Waals surface area contributed by atoms with E-state index in [1.807, 2.05) is 18.3 Å². The van der Waals surface area contributed by atoms with E-state index in [0.29, 0.717) is 0 Å². The average Bonchev–Trinajstić information content (AvgIpc) is 2.63. The lowest BCUT2D eigenvalue weighted by Crippen LogP contribution is -2.06. The Hall–Kier alpha value is -1.61. The number of fused-ring (bicyclic) bond motifs is 1. The standard InChI is InChI=1S/C10H11N3/c1-2-8(11)7-5-10-9(13-6-7)3-4-12-10/h2-6,8,12H,1,11H2/t8-/m1/s1. The molecule has 0 amide bonds. The van der Waals surface area contributed by atoms with E-state index in [1.165, 1.54) is 0 Å². The number of hydrogen-bond acceptors (Lipinski definition) is 2. The Morgan fingerprint density at radius 3 is 3.23 bits per heavy atom. The van der Waals surface area contributed by atoms with Crippen LogP contribution in [0, 0.1) is 0 Å². The zero-order valence-corrected chi connectivity index (χ0v) is 7.20. The smallest absolute Gasteiger partial charge is 0.0878 e. The minimum Gasteiger partial charge on any atom is -0.360 e. The predicted molar refractivity (Wildman–Crippen MR) is 53.2 cm³/mol. The Labute approximate surface area is 76.3 Å². The first-order valence-electron chi connectivity index (χ1n) is 4.12. The van der Waals surface area contributed by atoms with Crippen molar-refractivity contribution in [2.24, 2.45) is 5.73 Å². The summed E-state index contributed by atoms with van der Waals surface area (Å²) in [7, 11) is 0. The summed E-state index contributed by atoms with van der Waals surface area (Å²) in [5.74, 6) is 0. The monoisotopic (exact) mass is 173 g/mol. The van der Waals surface area contributed by atoms with Gasteiger partial charge in [0, 0.05) is 18.4 Å². The van der Waals surface area contributed by atoms with Gasteiger partial charge in [-0.25, -0.2) is 0 Å². The molecule has 0 spiro atoms. The van der Waals surface area contributed by atoms with Gasteiger partial charge in [-0.3, -0.25) is 4.98 Å². The van der Waals surface area contributed by atoms with Crippen molar-refractivity contribution in [3.63, 3.8) is 0 Å². The Bertz CT molecular complexity index is 430. The molecule has 0 aromatic carbocycles. The molecular formula is C10H11N3. The summed E-state index contributed by atoms with van der Waals surface area (Å²) in [5.41, 5.74) is 8.73. The van der Waals surface area contributed by atoms with Crippen LogP contribution in [0.2, 0.25) is 0 Å². The maximum atomic E-state index is 5.78. The number of rotatable bonds is 2. The molecule has 13 heavy (non-hydrogen) atoms. The van der Waals surface area contributed by atoms with Crippen molar-refractivity contribution in [2.45, 2.75) is 6.04 Å². The van der Waals surface area contributed by atoms with Crippen molar-refractivity contribution in [3.05, 3.63) is 42.7 Å². The van der Waals surface area contributed by atoms with E-state index in [-0.39, 0.29) is 6.04 Å². The van der Waals surface area contributed by atoms with Crippen molar-refractivity contribution in [2.75, 3.05) is 0 Å². The molecule has 2 aromatic rings. The molecule has 0 aliphatic heterocycles. The number of H-pyrrole nitrogens is 1. The molecule has 3 nitrogen and oxygen atoms in total. The second-order valence-electron chi connectivity index (χ2n) is 2.94. The predicted octanol–water partition coefficient (Wildman–Crippen LogP) is 1.75. The number of aromatic nitrogens is 2. The van der Waals surface area contributed by atoms with Gasteiger partial charge in [-0.15, -0.1) is 6.58 Å². The summed E-state index contributed by atoms with van der Waals surface area (Å²) in [4.78, 5) is 7.34. The molecule has 2 aromatic heterocycles. The fourth-order valence-corrected chi connectivity index (χ4v) is 1.27. The number of hydrogen-bond donors (Lipinski definition) is 2. The maximum absolute atomic E-state index is 5.78. The molecule has 2 rings (SSSR count). The minimum atomic E-state index is -0.139. The molecule has 0 aliphatic carbocycles. The third-order valence-corrected chi connectivity index (χ3v) is 2.06. The lowest BCUT2D eigenvalue weighted by molar-refractivity contribution is 0.908. The maximum Gasteiger partial charge on any atom is 0.0878 e. The highest BCUT2D eigenvalue weighted by atomic mass is 14.8. The van der Waals surface area contributed by atoms with E-state index in [9.17, 15) is 0 Å². The zero-order chi connectivity index (χ0) is 9.26. The fourth-order valence-electron chi connectivity index (χ4n) is 1.27. The molecule has 0 unspecified atom stereocenters. The van der Waals surface area contributed by atoms with Gasteiger partial charge >= 0.3 is 0 Å². The van der Waals surface area contributed by atoms with Gasteiger partial charge in [0.05, 0.1) is 11.0 Å². The van der Waals surface area contributed by atoms with E-state index in [1.54, 1.807) is 12.3 Å². The van der Waals surface area contributed by atoms with Gasteiger partial charge in [0.2, 0.25) is 0 Å². The second kappa shape index (κ2) is 3.03. The number of aromatic amines is 1. The molecule has 0 fully saturated rings. The number of pyridine rings is 1. The summed E-state index contributed by atoms with van der Waals surface area (Å²) >= 11 is 0. The Morgan fingerprint density at radius 2 is 2.46 bits per heavy atom. The van der Waals surface area contributed by atoms with E-state index in [0.717, 1.165) is 16.6 Å². The summed E-state index contributed by atoms with van der Waals surface area (Å²) in [6, 6.07) is 3.79. The van der Waals surface area contributed by atoms with Gasteiger partial charge in [-0.2, -0.15) is 0 Å². The van der Waals surface area contributed by atoms with Crippen molar-refractivity contribution in [1.29, 1.82) is 0 Å². The van der Waals surface area contributed by atoms with Crippen LogP contribution in [0.25, 0.3) is 11.0 Å². The minimum absolute atomic E-state index is 0.139. The average molecular weight is 173 g/mol. The molecule has 0 radical (unpaired) electrons. The Kier molecular flexibility index (Phi) is 1.87. The van der Waals surface area contributed by atoms with Crippen LogP contribution < -0.4 is 5.73 Å². The lowest BCUT2D eigenvalue weighted by atomic mass is 10.1. The van der Waals surface area contributed by atoms with Gasteiger partial charge in [0.1, 0.15) is 0 Å². The lowest BCUT2D eigenvalue weighted by Gasteiger charge is -2.04. The quantitative estimate of drug-likeness (QED) is 0.680. The molecule has 1 atom stereocenters. The van der Waals surface area contributed by atoms with Gasteiger partial charge in [-0.05, 0) is 17.7 Å². The summed E-state index contributed by atoms with van der Waals surface area (Å²) in [6.45, 7) is 3.64. The highest BCUT2D eigenvalue weighted by molar-refractivity contribution is 5.75. The van der Waals surface area contributed by atoms with E-state index >= 15 is 0 Å². The van der Waals surface area contributed by atoms with Gasteiger partial charge in [-0.1, -0.05) is 6.08 Å². The van der Waals surface area contributed by atoms with Crippen LogP contribution in [-0.2, 0) is 0 Å². The van der Waals surface area contributed by atoms with Crippen LogP contribution in [0.15, 0.2) is 37.2 Å². The summed E-state index contributed by atoms with van der Waals surface area (Å²) in [5, 5.41) is 0. The van der Waals surface area contributed by atoms with Crippen LogP contribution in [0.1, 0.15) is 11.6 Å². The molecule has 0 saturated carbocycles. The third-order valence-electron chi connectivity index (χ3n) is 2.06. The van der Waals surface area contributed by atoms with Crippen molar-refractivity contribution in [1.82, 2.24) is 9.97 Å². The molecule has 0 aliphatic rings. The fraction of sp³-hybridized carbons (Fsp3) is 0.100. The number of nitrogens with one attached hydrogen (secondary N) is 1. The molecule has 3 N–H and O–H groups in total. The largest absolute Gasteiger partial charge is 0.360 e. The topological polar surface area (TPSA) is 54.7 Å². The van der Waals surface area contributed by atoms with E-state index in [2.05, 4.69) is 16.5 Å². The van der Waals surface area contributed by atoms with Gasteiger partial charge in [0.15, 0.2) is 0 Å². The molecule has 3 heteroatoms. The highest BCUT2D eigenvalue weighted by Crippen LogP contribution is 2.15. The van der Waals surface area contributed by atoms with Gasteiger partial charge in [0.25, 0.3) is 0 Å². The van der Waals surface area contributed by atoms with Crippen molar-refractivity contribution in [3.8, 4) is 0 Å². The van der Waals surface area contributed by atoms with E-state index in [4.69, 9.17) is 5.73 Å². The van der Waals surface area contributed by atoms with Crippen LogP contribution in [0.5, 0.6) is 0 Å². The van der Waals surface area contributed by atoms with Crippen LogP contribution in [0.3, 0.4) is 0 Å². The molecule has 0 saturated heterocycles. The van der Waals surface area contributed by atoms with Crippen molar-refractivity contribution >= 4 is 11.0 Å². The Balaban J connectivity index is 2.53. The van der Waals surface area contributed by atoms with Crippen LogP contribution >= 0.6 is 0 Å².